The molecule has 1 N–H and O–H groups in total. The fraction of sp³-hybridized carbons (Fsp3) is 0.533. The SMILES string of the molecule is Cc1cccc(NC2(C#N)CCCCCC2)c1. The molecule has 0 saturated heterocycles. The summed E-state index contributed by atoms with van der Waals surface area (Å²) >= 11 is 0. The van der Waals surface area contributed by atoms with Crippen molar-refractivity contribution in [1.29, 1.82) is 5.26 Å². The second-order valence-corrected chi connectivity index (χ2v) is 5.10. The third kappa shape index (κ3) is 3.00. The Bertz CT molecular complexity index is 409. The van der Waals surface area contributed by atoms with Crippen molar-refractivity contribution in [1.82, 2.24) is 0 Å². The lowest BCUT2D eigenvalue weighted by Crippen LogP contribution is -2.35. The van der Waals surface area contributed by atoms with E-state index in [-0.39, 0.29) is 5.54 Å². The Hall–Kier alpha value is -1.49. The molecule has 0 unspecified atom stereocenters. The molecule has 0 atom stereocenters. The van der Waals surface area contributed by atoms with Gasteiger partial charge in [0, 0.05) is 5.69 Å². The monoisotopic (exact) mass is 228 g/mol. The lowest BCUT2D eigenvalue weighted by molar-refractivity contribution is 0.510. The molecule has 90 valence electrons. The second kappa shape index (κ2) is 5.23. The van der Waals surface area contributed by atoms with Gasteiger partial charge in [-0.1, -0.05) is 37.8 Å². The number of nitrogens with one attached hydrogen (secondary N) is 1. The lowest BCUT2D eigenvalue weighted by atomic mass is 9.91. The Balaban J connectivity index is 2.16. The van der Waals surface area contributed by atoms with Crippen molar-refractivity contribution in [3.8, 4) is 6.07 Å². The van der Waals surface area contributed by atoms with Crippen molar-refractivity contribution in [3.63, 3.8) is 0 Å². The Morgan fingerprint density at radius 2 is 1.88 bits per heavy atom. The van der Waals surface area contributed by atoms with Crippen molar-refractivity contribution in [2.24, 2.45) is 0 Å². The molecular weight excluding hydrogens is 208 g/mol. The highest BCUT2D eigenvalue weighted by molar-refractivity contribution is 5.49. The van der Waals surface area contributed by atoms with E-state index >= 15 is 0 Å². The molecule has 0 aliphatic heterocycles. The van der Waals surface area contributed by atoms with E-state index in [1.54, 1.807) is 0 Å². The first-order valence-electron chi connectivity index (χ1n) is 6.50. The van der Waals surface area contributed by atoms with Crippen LogP contribution in [0.2, 0.25) is 0 Å². The van der Waals surface area contributed by atoms with Gasteiger partial charge in [-0.05, 0) is 37.5 Å². The van der Waals surface area contributed by atoms with Crippen molar-refractivity contribution < 1.29 is 0 Å². The van der Waals surface area contributed by atoms with E-state index in [0.29, 0.717) is 0 Å². The number of aryl methyl sites for hydroxylation is 1. The van der Waals surface area contributed by atoms with Crippen molar-refractivity contribution in [2.75, 3.05) is 5.32 Å². The van der Waals surface area contributed by atoms with Crippen LogP contribution in [-0.2, 0) is 0 Å². The van der Waals surface area contributed by atoms with Crippen LogP contribution in [0.25, 0.3) is 0 Å². The number of nitrogens with zero attached hydrogens (tertiary/aromatic N) is 1. The van der Waals surface area contributed by atoms with E-state index in [9.17, 15) is 5.26 Å². The smallest absolute Gasteiger partial charge is 0.125 e. The molecule has 1 saturated carbocycles. The van der Waals surface area contributed by atoms with Crippen LogP contribution in [0.15, 0.2) is 24.3 Å². The van der Waals surface area contributed by atoms with Crippen LogP contribution in [0.3, 0.4) is 0 Å². The first-order valence-corrected chi connectivity index (χ1v) is 6.50. The van der Waals surface area contributed by atoms with Gasteiger partial charge in [0.15, 0.2) is 0 Å². The standard InChI is InChI=1S/C15H20N2/c1-13-7-6-8-14(11-13)17-15(12-16)9-4-2-3-5-10-15/h6-8,11,17H,2-5,9-10H2,1H3. The molecular formula is C15H20N2. The van der Waals surface area contributed by atoms with Crippen molar-refractivity contribution in [3.05, 3.63) is 29.8 Å². The number of nitriles is 1. The van der Waals surface area contributed by atoms with E-state index in [1.165, 1.54) is 18.4 Å². The molecule has 2 nitrogen and oxygen atoms in total. The van der Waals surface area contributed by atoms with Gasteiger partial charge in [-0.25, -0.2) is 0 Å². The molecule has 0 radical (unpaired) electrons. The summed E-state index contributed by atoms with van der Waals surface area (Å²) in [7, 11) is 0. The average Bonchev–Trinajstić information content (AvgIpc) is 2.55. The van der Waals surface area contributed by atoms with Crippen LogP contribution in [0.4, 0.5) is 5.69 Å². The summed E-state index contributed by atoms with van der Waals surface area (Å²) in [6.45, 7) is 2.08. The third-order valence-corrected chi connectivity index (χ3v) is 3.57. The fourth-order valence-corrected chi connectivity index (χ4v) is 2.60. The molecule has 2 rings (SSSR count). The number of hydrogen-bond acceptors (Lipinski definition) is 2. The maximum atomic E-state index is 9.48. The fourth-order valence-electron chi connectivity index (χ4n) is 2.60. The summed E-state index contributed by atoms with van der Waals surface area (Å²) < 4.78 is 0. The molecule has 17 heavy (non-hydrogen) atoms. The van der Waals surface area contributed by atoms with Crippen molar-refractivity contribution in [2.45, 2.75) is 51.0 Å². The largest absolute Gasteiger partial charge is 0.367 e. The summed E-state index contributed by atoms with van der Waals surface area (Å²) in [5.41, 5.74) is 1.97. The minimum Gasteiger partial charge on any atom is -0.367 e. The predicted molar refractivity (Wildman–Crippen MR) is 70.8 cm³/mol. The van der Waals surface area contributed by atoms with E-state index in [1.807, 2.05) is 6.07 Å². The zero-order valence-electron chi connectivity index (χ0n) is 10.5. The van der Waals surface area contributed by atoms with E-state index in [4.69, 9.17) is 0 Å². The molecule has 1 fully saturated rings. The molecule has 2 heteroatoms. The van der Waals surface area contributed by atoms with E-state index in [0.717, 1.165) is 31.4 Å². The van der Waals surface area contributed by atoms with Gasteiger partial charge in [0.1, 0.15) is 5.54 Å². The zero-order valence-corrected chi connectivity index (χ0v) is 10.5. The highest BCUT2D eigenvalue weighted by Gasteiger charge is 2.30. The van der Waals surface area contributed by atoms with Crippen LogP contribution >= 0.6 is 0 Å². The van der Waals surface area contributed by atoms with E-state index < -0.39 is 0 Å². The average molecular weight is 228 g/mol. The zero-order chi connectivity index (χ0) is 12.1. The summed E-state index contributed by atoms with van der Waals surface area (Å²) in [5.74, 6) is 0. The predicted octanol–water partition coefficient (Wildman–Crippen LogP) is 4.02. The van der Waals surface area contributed by atoms with Crippen molar-refractivity contribution >= 4 is 5.69 Å². The minimum absolute atomic E-state index is 0.343. The lowest BCUT2D eigenvalue weighted by Gasteiger charge is -2.27. The summed E-state index contributed by atoms with van der Waals surface area (Å²) in [6, 6.07) is 10.8. The van der Waals surface area contributed by atoms with Gasteiger partial charge in [0.2, 0.25) is 0 Å². The summed E-state index contributed by atoms with van der Waals surface area (Å²) in [4.78, 5) is 0. The maximum Gasteiger partial charge on any atom is 0.125 e. The molecule has 1 aliphatic carbocycles. The molecule has 0 bridgehead atoms. The van der Waals surface area contributed by atoms with Crippen LogP contribution in [0, 0.1) is 18.3 Å². The third-order valence-electron chi connectivity index (χ3n) is 3.57. The van der Waals surface area contributed by atoms with Crippen LogP contribution in [-0.4, -0.2) is 5.54 Å². The molecule has 0 amide bonds. The normalized spacial score (nSPS) is 19.1. The van der Waals surface area contributed by atoms with Crippen LogP contribution in [0.5, 0.6) is 0 Å². The number of benzene rings is 1. The van der Waals surface area contributed by atoms with Gasteiger partial charge < -0.3 is 5.32 Å². The molecule has 0 heterocycles. The van der Waals surface area contributed by atoms with Crippen LogP contribution < -0.4 is 5.32 Å². The maximum absolute atomic E-state index is 9.48. The number of rotatable bonds is 2. The first kappa shape index (κ1) is 12.0. The number of hydrogen-bond donors (Lipinski definition) is 1. The molecule has 1 aliphatic rings. The Labute approximate surface area is 104 Å². The van der Waals surface area contributed by atoms with E-state index in [2.05, 4.69) is 36.5 Å². The highest BCUT2D eigenvalue weighted by Crippen LogP contribution is 2.30. The Kier molecular flexibility index (Phi) is 3.68. The Morgan fingerprint density at radius 3 is 2.47 bits per heavy atom. The second-order valence-electron chi connectivity index (χ2n) is 5.10. The van der Waals surface area contributed by atoms with Gasteiger partial charge in [-0.2, -0.15) is 5.26 Å². The molecule has 0 aromatic heterocycles. The van der Waals surface area contributed by atoms with Gasteiger partial charge >= 0.3 is 0 Å². The Morgan fingerprint density at radius 1 is 1.18 bits per heavy atom. The quantitative estimate of drug-likeness (QED) is 0.776. The molecule has 1 aromatic rings. The van der Waals surface area contributed by atoms with Crippen LogP contribution in [0.1, 0.15) is 44.1 Å². The molecule has 0 spiro atoms. The van der Waals surface area contributed by atoms with Gasteiger partial charge in [0.25, 0.3) is 0 Å². The summed E-state index contributed by atoms with van der Waals surface area (Å²) in [5, 5.41) is 12.9. The highest BCUT2D eigenvalue weighted by atomic mass is 15.0. The minimum atomic E-state index is -0.343. The first-order chi connectivity index (χ1) is 8.24. The summed E-state index contributed by atoms with van der Waals surface area (Å²) in [6.07, 6.45) is 6.78. The topological polar surface area (TPSA) is 35.8 Å². The van der Waals surface area contributed by atoms with Gasteiger partial charge in [-0.3, -0.25) is 0 Å². The van der Waals surface area contributed by atoms with Gasteiger partial charge in [-0.15, -0.1) is 0 Å². The number of anilines is 1. The van der Waals surface area contributed by atoms with Gasteiger partial charge in [0.05, 0.1) is 6.07 Å². The molecule has 1 aromatic carbocycles.